The Hall–Kier alpha value is -0.250. The molecule has 0 unspecified atom stereocenters. The minimum absolute atomic E-state index is 0.154. The number of hydrogen-bond donors (Lipinski definition) is 0. The van der Waals surface area contributed by atoms with Crippen molar-refractivity contribution in [1.29, 1.82) is 0 Å². The monoisotopic (exact) mass is 275 g/mol. The maximum absolute atomic E-state index is 11.9. The quantitative estimate of drug-likeness (QED) is 0.689. The Morgan fingerprint density at radius 1 is 1.53 bits per heavy atom. The third kappa shape index (κ3) is 2.30. The van der Waals surface area contributed by atoms with Gasteiger partial charge in [-0.15, -0.1) is 0 Å². The van der Waals surface area contributed by atoms with E-state index in [-0.39, 0.29) is 11.7 Å². The van der Waals surface area contributed by atoms with Crippen molar-refractivity contribution in [1.82, 2.24) is 4.90 Å². The Labute approximate surface area is 99.3 Å². The van der Waals surface area contributed by atoms with Gasteiger partial charge in [0.1, 0.15) is 5.60 Å². The average Bonchev–Trinajstić information content (AvgIpc) is 2.75. The van der Waals surface area contributed by atoms with Crippen LogP contribution in [0.3, 0.4) is 0 Å². The van der Waals surface area contributed by atoms with Crippen LogP contribution in [0.2, 0.25) is 0 Å². The van der Waals surface area contributed by atoms with Crippen LogP contribution in [0.25, 0.3) is 0 Å². The van der Waals surface area contributed by atoms with Gasteiger partial charge in [0.15, 0.2) is 0 Å². The molecule has 1 heterocycles. The zero-order valence-electron chi connectivity index (χ0n) is 9.50. The van der Waals surface area contributed by atoms with E-state index in [0.717, 1.165) is 23.7 Å². The molecule has 0 N–H and O–H groups in total. The lowest BCUT2D eigenvalue weighted by Gasteiger charge is -2.29. The third-order valence-corrected chi connectivity index (χ3v) is 3.75. The van der Waals surface area contributed by atoms with Crippen molar-refractivity contribution in [3.8, 4) is 0 Å². The van der Waals surface area contributed by atoms with Crippen molar-refractivity contribution in [2.24, 2.45) is 11.8 Å². The second-order valence-electron chi connectivity index (χ2n) is 5.51. The van der Waals surface area contributed by atoms with Gasteiger partial charge in [-0.2, -0.15) is 0 Å². The molecule has 2 fully saturated rings. The van der Waals surface area contributed by atoms with Crippen molar-refractivity contribution in [3.05, 3.63) is 0 Å². The maximum atomic E-state index is 11.9. The fraction of sp³-hybridized carbons (Fsp3) is 0.909. The Morgan fingerprint density at radius 2 is 2.20 bits per heavy atom. The normalized spacial score (nSPS) is 33.9. The minimum Gasteiger partial charge on any atom is -0.444 e. The Kier molecular flexibility index (Phi) is 2.73. The highest BCUT2D eigenvalue weighted by molar-refractivity contribution is 9.09. The zero-order chi connectivity index (χ0) is 11.2. The fourth-order valence-electron chi connectivity index (χ4n) is 2.30. The molecule has 0 bridgehead atoms. The number of likely N-dealkylation sites (tertiary alicyclic amines) is 1. The second-order valence-corrected chi connectivity index (χ2v) is 6.16. The first kappa shape index (κ1) is 11.2. The van der Waals surface area contributed by atoms with Crippen LogP contribution in [0.4, 0.5) is 4.79 Å². The summed E-state index contributed by atoms with van der Waals surface area (Å²) in [5, 5.41) is 0.868. The number of halogens is 1. The number of rotatable bonds is 1. The van der Waals surface area contributed by atoms with Gasteiger partial charge in [0.25, 0.3) is 0 Å². The fourth-order valence-corrected chi connectivity index (χ4v) is 3.13. The molecule has 0 spiro atoms. The smallest absolute Gasteiger partial charge is 0.410 e. The molecule has 3 nitrogen and oxygen atoms in total. The second kappa shape index (κ2) is 3.65. The number of carbonyl (C=O) groups excluding carboxylic acids is 1. The van der Waals surface area contributed by atoms with Crippen LogP contribution >= 0.6 is 15.9 Å². The van der Waals surface area contributed by atoms with Crippen LogP contribution in [0.1, 0.15) is 27.2 Å². The van der Waals surface area contributed by atoms with Crippen molar-refractivity contribution in [2.75, 3.05) is 11.9 Å². The first-order valence-corrected chi connectivity index (χ1v) is 6.60. The summed E-state index contributed by atoms with van der Waals surface area (Å²) in [7, 11) is 0. The van der Waals surface area contributed by atoms with E-state index >= 15 is 0 Å². The van der Waals surface area contributed by atoms with E-state index in [1.807, 2.05) is 25.7 Å². The van der Waals surface area contributed by atoms with Crippen molar-refractivity contribution in [3.63, 3.8) is 0 Å². The van der Waals surface area contributed by atoms with Crippen LogP contribution in [0, 0.1) is 11.8 Å². The number of ether oxygens (including phenoxy) is 1. The standard InChI is InChI=1S/C11H18BrNO2/c1-11(2,3)15-10(14)13-6-7-4-8(7)9(13)5-12/h7-9H,4-6H2,1-3H3/t7-,8-,9-/m1/s1. The summed E-state index contributed by atoms with van der Waals surface area (Å²) in [5.74, 6) is 1.46. The van der Waals surface area contributed by atoms with E-state index in [1.165, 1.54) is 6.42 Å². The predicted octanol–water partition coefficient (Wildman–Crippen LogP) is 2.64. The highest BCUT2D eigenvalue weighted by atomic mass is 79.9. The molecule has 15 heavy (non-hydrogen) atoms. The highest BCUT2D eigenvalue weighted by Gasteiger charge is 2.54. The summed E-state index contributed by atoms with van der Waals surface area (Å²) in [5.41, 5.74) is -0.388. The van der Waals surface area contributed by atoms with E-state index in [1.54, 1.807) is 0 Å². The number of piperidine rings is 1. The molecule has 1 amide bonds. The van der Waals surface area contributed by atoms with Crippen molar-refractivity contribution < 1.29 is 9.53 Å². The number of amides is 1. The SMILES string of the molecule is CC(C)(C)OC(=O)N1C[C@H]2C[C@H]2[C@H]1CBr. The first-order valence-electron chi connectivity index (χ1n) is 5.48. The topological polar surface area (TPSA) is 29.5 Å². The summed E-state index contributed by atoms with van der Waals surface area (Å²) in [6.45, 7) is 6.61. The van der Waals surface area contributed by atoms with Gasteiger partial charge in [-0.05, 0) is 39.0 Å². The van der Waals surface area contributed by atoms with E-state index in [2.05, 4.69) is 15.9 Å². The molecule has 0 aromatic carbocycles. The van der Waals surface area contributed by atoms with Gasteiger partial charge in [0.05, 0.1) is 0 Å². The minimum atomic E-state index is -0.388. The average molecular weight is 276 g/mol. The summed E-state index contributed by atoms with van der Waals surface area (Å²) in [4.78, 5) is 13.8. The number of carbonyl (C=O) groups is 1. The lowest BCUT2D eigenvalue weighted by molar-refractivity contribution is 0.0212. The Balaban J connectivity index is 1.96. The Morgan fingerprint density at radius 3 is 2.73 bits per heavy atom. The molecule has 0 aromatic rings. The third-order valence-electron chi connectivity index (χ3n) is 3.09. The van der Waals surface area contributed by atoms with Gasteiger partial charge in [0.2, 0.25) is 0 Å². The first-order chi connectivity index (χ1) is 6.92. The predicted molar refractivity (Wildman–Crippen MR) is 62.1 cm³/mol. The molecule has 2 rings (SSSR count). The van der Waals surface area contributed by atoms with Crippen LogP contribution in [-0.4, -0.2) is 34.5 Å². The van der Waals surface area contributed by atoms with Crippen LogP contribution in [0.15, 0.2) is 0 Å². The molecule has 0 radical (unpaired) electrons. The lowest BCUT2D eigenvalue weighted by Crippen LogP contribution is -2.42. The van der Waals surface area contributed by atoms with Crippen LogP contribution < -0.4 is 0 Å². The summed E-state index contributed by atoms with van der Waals surface area (Å²) >= 11 is 3.48. The van der Waals surface area contributed by atoms with Gasteiger partial charge in [-0.25, -0.2) is 4.79 Å². The molecule has 1 saturated heterocycles. The van der Waals surface area contributed by atoms with E-state index in [4.69, 9.17) is 4.74 Å². The van der Waals surface area contributed by atoms with Crippen LogP contribution in [0.5, 0.6) is 0 Å². The molecule has 2 aliphatic rings. The van der Waals surface area contributed by atoms with Crippen LogP contribution in [-0.2, 0) is 4.74 Å². The van der Waals surface area contributed by atoms with Crippen molar-refractivity contribution >= 4 is 22.0 Å². The number of hydrogen-bond acceptors (Lipinski definition) is 2. The van der Waals surface area contributed by atoms with Gasteiger partial charge in [0, 0.05) is 17.9 Å². The maximum Gasteiger partial charge on any atom is 0.410 e. The summed E-state index contributed by atoms with van der Waals surface area (Å²) in [6, 6.07) is 0.352. The molecular weight excluding hydrogens is 258 g/mol. The van der Waals surface area contributed by atoms with Gasteiger partial charge in [-0.1, -0.05) is 15.9 Å². The van der Waals surface area contributed by atoms with E-state index < -0.39 is 0 Å². The number of alkyl halides is 1. The van der Waals surface area contributed by atoms with Gasteiger partial charge < -0.3 is 9.64 Å². The van der Waals surface area contributed by atoms with E-state index in [0.29, 0.717) is 6.04 Å². The zero-order valence-corrected chi connectivity index (χ0v) is 11.1. The van der Waals surface area contributed by atoms with Crippen molar-refractivity contribution in [2.45, 2.75) is 38.8 Å². The largest absolute Gasteiger partial charge is 0.444 e. The van der Waals surface area contributed by atoms with Gasteiger partial charge in [-0.3, -0.25) is 0 Å². The summed E-state index contributed by atoms with van der Waals surface area (Å²) in [6.07, 6.45) is 1.13. The number of nitrogens with zero attached hydrogens (tertiary/aromatic N) is 1. The highest BCUT2D eigenvalue weighted by Crippen LogP contribution is 2.50. The van der Waals surface area contributed by atoms with E-state index in [9.17, 15) is 4.79 Å². The molecule has 0 aromatic heterocycles. The van der Waals surface area contributed by atoms with Gasteiger partial charge >= 0.3 is 6.09 Å². The summed E-state index contributed by atoms with van der Waals surface area (Å²) < 4.78 is 5.39. The Bertz CT molecular complexity index is 274. The molecular formula is C11H18BrNO2. The molecule has 3 atom stereocenters. The molecule has 1 aliphatic heterocycles. The molecule has 86 valence electrons. The lowest BCUT2D eigenvalue weighted by atomic mass is 10.2. The molecule has 1 saturated carbocycles. The molecule has 4 heteroatoms. The number of fused-ring (bicyclic) bond motifs is 1. The molecule has 1 aliphatic carbocycles.